The van der Waals surface area contributed by atoms with Crippen LogP contribution in [0.5, 0.6) is 11.5 Å². The number of hydrogen-bond donors (Lipinski definition) is 0. The minimum Gasteiger partial charge on any atom is -0.486 e. The maximum absolute atomic E-state index is 11.6. The summed E-state index contributed by atoms with van der Waals surface area (Å²) in [6, 6.07) is 12.8. The van der Waals surface area contributed by atoms with E-state index >= 15 is 0 Å². The van der Waals surface area contributed by atoms with Crippen molar-refractivity contribution in [1.29, 1.82) is 0 Å². The molecule has 122 valence electrons. The number of rotatable bonds is 4. The first-order chi connectivity index (χ1) is 11.7. The molecule has 0 saturated carbocycles. The van der Waals surface area contributed by atoms with Gasteiger partial charge in [0.1, 0.15) is 6.61 Å². The van der Waals surface area contributed by atoms with Crippen LogP contribution in [0.3, 0.4) is 0 Å². The van der Waals surface area contributed by atoms with E-state index in [4.69, 9.17) is 14.2 Å². The fourth-order valence-corrected chi connectivity index (χ4v) is 2.66. The van der Waals surface area contributed by atoms with Crippen LogP contribution in [0, 0.1) is 0 Å². The quantitative estimate of drug-likeness (QED) is 0.634. The van der Waals surface area contributed by atoms with Crippen molar-refractivity contribution in [1.82, 2.24) is 0 Å². The molecule has 0 aliphatic carbocycles. The average Bonchev–Trinajstić information content (AvgIpc) is 2.88. The fourth-order valence-electron chi connectivity index (χ4n) is 2.66. The lowest BCUT2D eigenvalue weighted by atomic mass is 10.1. The lowest BCUT2D eigenvalue weighted by Crippen LogP contribution is -2.33. The van der Waals surface area contributed by atoms with Crippen LogP contribution in [0.15, 0.2) is 42.5 Å². The van der Waals surface area contributed by atoms with E-state index < -0.39 is 11.9 Å². The van der Waals surface area contributed by atoms with Crippen LogP contribution < -0.4 is 9.47 Å². The summed E-state index contributed by atoms with van der Waals surface area (Å²) in [5, 5.41) is 0. The highest BCUT2D eigenvalue weighted by Crippen LogP contribution is 2.37. The topological polar surface area (TPSA) is 71.1 Å². The van der Waals surface area contributed by atoms with Crippen molar-refractivity contribution >= 4 is 11.9 Å². The maximum atomic E-state index is 11.6. The summed E-state index contributed by atoms with van der Waals surface area (Å²) in [5.74, 6) is -0.474. The fraction of sp³-hybridized carbons (Fsp3) is 0.222. The largest absolute Gasteiger partial charge is 0.486 e. The molecular formula is C18H14O6. The predicted octanol–water partition coefficient (Wildman–Crippen LogP) is 2.35. The summed E-state index contributed by atoms with van der Waals surface area (Å²) in [6.45, 7) is 1.15. The summed E-state index contributed by atoms with van der Waals surface area (Å²) in [6.07, 6.45) is -0.285. The van der Waals surface area contributed by atoms with E-state index in [2.05, 4.69) is 4.74 Å². The molecule has 1 atom stereocenters. The molecule has 4 rings (SSSR count). The van der Waals surface area contributed by atoms with Crippen LogP contribution in [0.4, 0.5) is 0 Å². The highest BCUT2D eigenvalue weighted by molar-refractivity contribution is 6.15. The van der Waals surface area contributed by atoms with Crippen molar-refractivity contribution in [3.8, 4) is 11.5 Å². The molecule has 2 aromatic rings. The first kappa shape index (κ1) is 14.7. The van der Waals surface area contributed by atoms with E-state index in [9.17, 15) is 9.59 Å². The van der Waals surface area contributed by atoms with Crippen LogP contribution in [0.2, 0.25) is 0 Å². The van der Waals surface area contributed by atoms with Gasteiger partial charge in [0, 0.05) is 0 Å². The van der Waals surface area contributed by atoms with Gasteiger partial charge in [0.25, 0.3) is 0 Å². The van der Waals surface area contributed by atoms with Crippen LogP contribution in [-0.2, 0) is 16.1 Å². The van der Waals surface area contributed by atoms with Gasteiger partial charge in [0.15, 0.2) is 17.6 Å². The number of fused-ring (bicyclic) bond motifs is 2. The third kappa shape index (κ3) is 2.72. The van der Waals surface area contributed by atoms with E-state index in [-0.39, 0.29) is 17.2 Å². The summed E-state index contributed by atoms with van der Waals surface area (Å²) in [7, 11) is 0. The Morgan fingerprint density at radius 2 is 1.71 bits per heavy atom. The van der Waals surface area contributed by atoms with Crippen LogP contribution in [-0.4, -0.2) is 31.3 Å². The molecule has 2 heterocycles. The Morgan fingerprint density at radius 3 is 2.46 bits per heavy atom. The van der Waals surface area contributed by atoms with E-state index in [1.165, 1.54) is 12.1 Å². The van der Waals surface area contributed by atoms with Crippen molar-refractivity contribution in [3.05, 3.63) is 59.2 Å². The van der Waals surface area contributed by atoms with Gasteiger partial charge in [0.05, 0.1) is 24.3 Å². The molecule has 0 saturated heterocycles. The lowest BCUT2D eigenvalue weighted by Gasteiger charge is -2.26. The number of carbonyl (C=O) groups excluding carboxylic acids is 2. The van der Waals surface area contributed by atoms with Gasteiger partial charge in [-0.3, -0.25) is 0 Å². The molecule has 0 unspecified atom stereocenters. The second-order valence-electron chi connectivity index (χ2n) is 5.57. The monoisotopic (exact) mass is 326 g/mol. The van der Waals surface area contributed by atoms with E-state index in [0.717, 1.165) is 5.56 Å². The summed E-state index contributed by atoms with van der Waals surface area (Å²) in [5.41, 5.74) is 1.49. The van der Waals surface area contributed by atoms with Crippen molar-refractivity contribution in [2.45, 2.75) is 12.7 Å². The molecule has 0 N–H and O–H groups in total. The number of cyclic esters (lactones) is 2. The average molecular weight is 326 g/mol. The van der Waals surface area contributed by atoms with Gasteiger partial charge in [-0.25, -0.2) is 9.59 Å². The standard InChI is InChI=1S/C18H14O6/c19-17-13-6-15-16(7-14(13)18(20)24-17)23-12(10-22-15)9-21-8-11-4-2-1-3-5-11/h1-7,12H,8-10H2/t12-/m0/s1. The molecule has 0 bridgehead atoms. The predicted molar refractivity (Wildman–Crippen MR) is 82.2 cm³/mol. The first-order valence-corrected chi connectivity index (χ1v) is 7.56. The summed E-state index contributed by atoms with van der Waals surface area (Å²) < 4.78 is 21.7. The van der Waals surface area contributed by atoms with Crippen molar-refractivity contribution in [3.63, 3.8) is 0 Å². The van der Waals surface area contributed by atoms with Crippen molar-refractivity contribution in [2.24, 2.45) is 0 Å². The van der Waals surface area contributed by atoms with Gasteiger partial charge in [0.2, 0.25) is 0 Å². The van der Waals surface area contributed by atoms with Gasteiger partial charge < -0.3 is 18.9 Å². The maximum Gasteiger partial charge on any atom is 0.347 e. The highest BCUT2D eigenvalue weighted by Gasteiger charge is 2.33. The Balaban J connectivity index is 1.42. The van der Waals surface area contributed by atoms with Crippen molar-refractivity contribution in [2.75, 3.05) is 13.2 Å². The number of esters is 2. The second-order valence-corrected chi connectivity index (χ2v) is 5.57. The molecule has 2 aliphatic rings. The molecule has 6 heteroatoms. The van der Waals surface area contributed by atoms with Crippen molar-refractivity contribution < 1.29 is 28.5 Å². The number of ether oxygens (including phenoxy) is 4. The Morgan fingerprint density at radius 1 is 1.00 bits per heavy atom. The van der Waals surface area contributed by atoms with Crippen LogP contribution in [0.1, 0.15) is 26.3 Å². The third-order valence-corrected chi connectivity index (χ3v) is 3.84. The minimum atomic E-state index is -0.663. The smallest absolute Gasteiger partial charge is 0.347 e. The van der Waals surface area contributed by atoms with E-state index in [1.54, 1.807) is 0 Å². The molecular weight excluding hydrogens is 312 g/mol. The first-order valence-electron chi connectivity index (χ1n) is 7.56. The van der Waals surface area contributed by atoms with E-state index in [0.29, 0.717) is 31.3 Å². The molecule has 6 nitrogen and oxygen atoms in total. The number of hydrogen-bond acceptors (Lipinski definition) is 6. The zero-order valence-electron chi connectivity index (χ0n) is 12.7. The Bertz CT molecular complexity index is 799. The SMILES string of the molecule is O=C1OC(=O)c2cc3c(cc21)OC[C@H](COCc1ccccc1)O3. The summed E-state index contributed by atoms with van der Waals surface area (Å²) >= 11 is 0. The molecule has 2 aliphatic heterocycles. The normalized spacial score (nSPS) is 18.2. The number of carbonyl (C=O) groups is 2. The Hall–Kier alpha value is -2.86. The van der Waals surface area contributed by atoms with Crippen LogP contribution in [0.25, 0.3) is 0 Å². The Labute approximate surface area is 137 Å². The van der Waals surface area contributed by atoms with Gasteiger partial charge in [-0.1, -0.05) is 30.3 Å². The van der Waals surface area contributed by atoms with Gasteiger partial charge in [-0.2, -0.15) is 0 Å². The molecule has 0 spiro atoms. The molecule has 2 aromatic carbocycles. The third-order valence-electron chi connectivity index (χ3n) is 3.84. The van der Waals surface area contributed by atoms with E-state index in [1.807, 2.05) is 30.3 Å². The molecule has 0 amide bonds. The zero-order valence-corrected chi connectivity index (χ0v) is 12.7. The summed E-state index contributed by atoms with van der Waals surface area (Å²) in [4.78, 5) is 23.2. The zero-order chi connectivity index (χ0) is 16.5. The van der Waals surface area contributed by atoms with Gasteiger partial charge in [-0.05, 0) is 17.7 Å². The Kier molecular flexibility index (Phi) is 3.66. The highest BCUT2D eigenvalue weighted by atomic mass is 16.6. The van der Waals surface area contributed by atoms with Crippen LogP contribution >= 0.6 is 0 Å². The van der Waals surface area contributed by atoms with Gasteiger partial charge in [-0.15, -0.1) is 0 Å². The molecule has 0 radical (unpaired) electrons. The number of benzene rings is 2. The minimum absolute atomic E-state index is 0.202. The molecule has 24 heavy (non-hydrogen) atoms. The lowest BCUT2D eigenvalue weighted by molar-refractivity contribution is 0.00266. The van der Waals surface area contributed by atoms with Gasteiger partial charge >= 0.3 is 11.9 Å². The molecule has 0 fully saturated rings. The second kappa shape index (κ2) is 5.98. The molecule has 0 aromatic heterocycles.